The Kier molecular flexibility index (Phi) is 5.16. The Morgan fingerprint density at radius 2 is 2.04 bits per heavy atom. The number of benzene rings is 1. The molecule has 7 nitrogen and oxygen atoms in total. The summed E-state index contributed by atoms with van der Waals surface area (Å²) in [4.78, 5) is 17.6. The van der Waals surface area contributed by atoms with Crippen molar-refractivity contribution in [2.24, 2.45) is 7.05 Å². The van der Waals surface area contributed by atoms with Crippen LogP contribution in [0.15, 0.2) is 24.3 Å². The number of carbonyl (C=O) groups excluding carboxylic acids is 1. The minimum atomic E-state index is 0.0275. The van der Waals surface area contributed by atoms with E-state index in [9.17, 15) is 4.79 Å². The van der Waals surface area contributed by atoms with Crippen LogP contribution < -0.4 is 0 Å². The Labute approximate surface area is 159 Å². The van der Waals surface area contributed by atoms with E-state index in [0.717, 1.165) is 69.7 Å². The van der Waals surface area contributed by atoms with E-state index in [1.165, 1.54) is 0 Å². The number of rotatable bonds is 4. The van der Waals surface area contributed by atoms with Gasteiger partial charge in [-0.25, -0.2) is 0 Å². The van der Waals surface area contributed by atoms with Crippen LogP contribution in [0.4, 0.5) is 0 Å². The first-order valence-electron chi connectivity index (χ1n) is 9.67. The highest BCUT2D eigenvalue weighted by atomic mass is 16.5. The van der Waals surface area contributed by atoms with Crippen molar-refractivity contribution < 1.29 is 14.3 Å². The minimum absolute atomic E-state index is 0.0275. The summed E-state index contributed by atoms with van der Waals surface area (Å²) in [6, 6.07) is 7.90. The molecule has 1 aromatic carbocycles. The van der Waals surface area contributed by atoms with Gasteiger partial charge in [-0.1, -0.05) is 18.2 Å². The molecule has 0 radical (unpaired) electrons. The molecule has 0 aliphatic carbocycles. The van der Waals surface area contributed by atoms with Gasteiger partial charge in [0.2, 0.25) is 0 Å². The molecule has 2 aromatic rings. The number of carbonyl (C=O) groups is 1. The normalized spacial score (nSPS) is 20.4. The molecular formula is C20H28N4O3. The first-order chi connectivity index (χ1) is 13.1. The highest BCUT2D eigenvalue weighted by molar-refractivity contribution is 6.04. The standard InChI is InChI=1S/C20H28N4O3/c1-22-17-6-4-3-5-16(17)18(21-22)19(25)23-9-7-20(8-10-23)15-27-14-12-24(20)11-13-26-2/h3-6H,7-15H2,1-2H3. The number of para-hydroxylation sites is 1. The van der Waals surface area contributed by atoms with Gasteiger partial charge in [0.05, 0.1) is 25.3 Å². The van der Waals surface area contributed by atoms with Crippen molar-refractivity contribution >= 4 is 16.8 Å². The lowest BCUT2D eigenvalue weighted by Gasteiger charge is -2.51. The van der Waals surface area contributed by atoms with E-state index in [1.807, 2.05) is 36.2 Å². The number of aryl methyl sites for hydroxylation is 1. The maximum atomic E-state index is 13.1. The molecule has 1 aromatic heterocycles. The number of hydrogen-bond donors (Lipinski definition) is 0. The van der Waals surface area contributed by atoms with Crippen molar-refractivity contribution in [2.75, 3.05) is 53.1 Å². The Morgan fingerprint density at radius 3 is 2.81 bits per heavy atom. The molecule has 0 unspecified atom stereocenters. The number of amides is 1. The summed E-state index contributed by atoms with van der Waals surface area (Å²) in [7, 11) is 3.63. The van der Waals surface area contributed by atoms with E-state index >= 15 is 0 Å². The smallest absolute Gasteiger partial charge is 0.275 e. The maximum Gasteiger partial charge on any atom is 0.275 e. The van der Waals surface area contributed by atoms with Gasteiger partial charge in [-0.15, -0.1) is 0 Å². The number of hydrogen-bond acceptors (Lipinski definition) is 5. The maximum absolute atomic E-state index is 13.1. The number of aromatic nitrogens is 2. The molecule has 1 spiro atoms. The summed E-state index contributed by atoms with van der Waals surface area (Å²) in [5.74, 6) is 0.0295. The third-order valence-electron chi connectivity index (χ3n) is 6.05. The molecule has 0 atom stereocenters. The molecular weight excluding hydrogens is 344 g/mol. The number of ether oxygens (including phenoxy) is 2. The molecule has 4 rings (SSSR count). The third kappa shape index (κ3) is 3.35. The van der Waals surface area contributed by atoms with Crippen molar-refractivity contribution in [2.45, 2.75) is 18.4 Å². The summed E-state index contributed by atoms with van der Waals surface area (Å²) in [6.45, 7) is 5.55. The van der Waals surface area contributed by atoms with E-state index < -0.39 is 0 Å². The summed E-state index contributed by atoms with van der Waals surface area (Å²) in [6.07, 6.45) is 1.85. The molecule has 2 aliphatic heterocycles. The Hall–Kier alpha value is -1.96. The number of morpholine rings is 1. The number of likely N-dealkylation sites (tertiary alicyclic amines) is 1. The fraction of sp³-hybridized carbons (Fsp3) is 0.600. The quantitative estimate of drug-likeness (QED) is 0.815. The number of piperidine rings is 1. The molecule has 7 heteroatoms. The molecule has 2 fully saturated rings. The van der Waals surface area contributed by atoms with Crippen LogP contribution in [0.25, 0.3) is 10.9 Å². The van der Waals surface area contributed by atoms with Crippen LogP contribution >= 0.6 is 0 Å². The molecule has 2 aliphatic rings. The molecule has 1 amide bonds. The van der Waals surface area contributed by atoms with Gasteiger partial charge >= 0.3 is 0 Å². The molecule has 3 heterocycles. The first kappa shape index (κ1) is 18.4. The second-order valence-corrected chi connectivity index (χ2v) is 7.54. The molecule has 0 bridgehead atoms. The van der Waals surface area contributed by atoms with E-state index in [2.05, 4.69) is 10.00 Å². The monoisotopic (exact) mass is 372 g/mol. The van der Waals surface area contributed by atoms with Crippen LogP contribution in [0, 0.1) is 0 Å². The fourth-order valence-electron chi connectivity index (χ4n) is 4.42. The van der Waals surface area contributed by atoms with Crippen LogP contribution in [-0.2, 0) is 16.5 Å². The van der Waals surface area contributed by atoms with Gasteiger partial charge in [0, 0.05) is 51.3 Å². The zero-order chi connectivity index (χ0) is 18.9. The number of fused-ring (bicyclic) bond motifs is 1. The van der Waals surface area contributed by atoms with Gasteiger partial charge in [-0.05, 0) is 18.9 Å². The fourth-order valence-corrected chi connectivity index (χ4v) is 4.42. The van der Waals surface area contributed by atoms with Crippen LogP contribution in [0.3, 0.4) is 0 Å². The average molecular weight is 372 g/mol. The molecule has 146 valence electrons. The van der Waals surface area contributed by atoms with Gasteiger partial charge < -0.3 is 14.4 Å². The van der Waals surface area contributed by atoms with Crippen molar-refractivity contribution in [3.05, 3.63) is 30.0 Å². The highest BCUT2D eigenvalue weighted by Crippen LogP contribution is 2.32. The van der Waals surface area contributed by atoms with E-state index in [4.69, 9.17) is 9.47 Å². The van der Waals surface area contributed by atoms with Crippen LogP contribution in [0.1, 0.15) is 23.3 Å². The van der Waals surface area contributed by atoms with Crippen LogP contribution in [0.5, 0.6) is 0 Å². The highest BCUT2D eigenvalue weighted by Gasteiger charge is 2.43. The summed E-state index contributed by atoms with van der Waals surface area (Å²) in [5.41, 5.74) is 1.57. The summed E-state index contributed by atoms with van der Waals surface area (Å²) in [5, 5.41) is 5.42. The zero-order valence-corrected chi connectivity index (χ0v) is 16.2. The Morgan fingerprint density at radius 1 is 1.26 bits per heavy atom. The molecule has 2 saturated heterocycles. The van der Waals surface area contributed by atoms with Gasteiger partial charge in [-0.2, -0.15) is 5.10 Å². The predicted octanol–water partition coefficient (Wildman–Crippen LogP) is 1.53. The van der Waals surface area contributed by atoms with E-state index in [1.54, 1.807) is 11.8 Å². The summed E-state index contributed by atoms with van der Waals surface area (Å²) >= 11 is 0. The van der Waals surface area contributed by atoms with Gasteiger partial charge in [0.15, 0.2) is 5.69 Å². The second kappa shape index (κ2) is 7.58. The largest absolute Gasteiger partial charge is 0.383 e. The summed E-state index contributed by atoms with van der Waals surface area (Å²) < 4.78 is 12.9. The van der Waals surface area contributed by atoms with Crippen molar-refractivity contribution in [1.29, 1.82) is 0 Å². The SMILES string of the molecule is COCCN1CCOCC12CCN(C(=O)c1nn(C)c3ccccc13)CC2. The van der Waals surface area contributed by atoms with E-state index in [-0.39, 0.29) is 11.4 Å². The Bertz CT molecular complexity index is 811. The molecule has 0 N–H and O–H groups in total. The zero-order valence-electron chi connectivity index (χ0n) is 16.2. The number of nitrogens with zero attached hydrogens (tertiary/aromatic N) is 4. The molecule has 0 saturated carbocycles. The third-order valence-corrected chi connectivity index (χ3v) is 6.05. The molecule has 27 heavy (non-hydrogen) atoms. The van der Waals surface area contributed by atoms with Crippen molar-refractivity contribution in [3.8, 4) is 0 Å². The minimum Gasteiger partial charge on any atom is -0.383 e. The van der Waals surface area contributed by atoms with Crippen LogP contribution in [-0.4, -0.2) is 84.1 Å². The predicted molar refractivity (Wildman–Crippen MR) is 103 cm³/mol. The van der Waals surface area contributed by atoms with Crippen molar-refractivity contribution in [3.63, 3.8) is 0 Å². The van der Waals surface area contributed by atoms with E-state index in [0.29, 0.717) is 5.69 Å². The lowest BCUT2D eigenvalue weighted by molar-refractivity contribution is -0.0968. The number of methoxy groups -OCH3 is 1. The first-order valence-corrected chi connectivity index (χ1v) is 9.67. The Balaban J connectivity index is 1.49. The van der Waals surface area contributed by atoms with Gasteiger partial charge in [0.25, 0.3) is 5.91 Å². The van der Waals surface area contributed by atoms with Crippen molar-refractivity contribution in [1.82, 2.24) is 19.6 Å². The second-order valence-electron chi connectivity index (χ2n) is 7.54. The van der Waals surface area contributed by atoms with Gasteiger partial charge in [-0.3, -0.25) is 14.4 Å². The van der Waals surface area contributed by atoms with Gasteiger partial charge in [0.1, 0.15) is 0 Å². The lowest BCUT2D eigenvalue weighted by Crippen LogP contribution is -2.62. The lowest BCUT2D eigenvalue weighted by atomic mass is 9.85. The van der Waals surface area contributed by atoms with Crippen LogP contribution in [0.2, 0.25) is 0 Å². The average Bonchev–Trinajstić information content (AvgIpc) is 3.04. The topological polar surface area (TPSA) is 59.8 Å².